The molecule has 2 rings (SSSR count). The summed E-state index contributed by atoms with van der Waals surface area (Å²) < 4.78 is 25.5. The Morgan fingerprint density at radius 1 is 1.14 bits per heavy atom. The van der Waals surface area contributed by atoms with Gasteiger partial charge in [0.15, 0.2) is 0 Å². The maximum atomic E-state index is 11.5. The highest BCUT2D eigenvalue weighted by Gasteiger charge is 2.07. The van der Waals surface area contributed by atoms with Crippen LogP contribution in [0.4, 0.5) is 11.4 Å². The number of aryl methyl sites for hydroxylation is 2. The van der Waals surface area contributed by atoms with E-state index in [4.69, 9.17) is 0 Å². The Morgan fingerprint density at radius 3 is 2.29 bits per heavy atom. The smallest absolute Gasteiger partial charge is 0.232 e. The Hall–Kier alpha value is -1.60. The molecule has 2 N–H and O–H groups in total. The SMILES string of the molecule is CCS(=O)(=O)Nc1ccc(NCc2sc(C)nc2C)cc1. The van der Waals surface area contributed by atoms with E-state index in [-0.39, 0.29) is 5.75 Å². The first-order valence-corrected chi connectivity index (χ1v) is 9.14. The lowest BCUT2D eigenvalue weighted by atomic mass is 10.3. The van der Waals surface area contributed by atoms with Gasteiger partial charge < -0.3 is 5.32 Å². The second-order valence-electron chi connectivity index (χ2n) is 4.68. The zero-order valence-corrected chi connectivity index (χ0v) is 13.9. The number of benzene rings is 1. The van der Waals surface area contributed by atoms with Gasteiger partial charge in [0.1, 0.15) is 0 Å². The fourth-order valence-electron chi connectivity index (χ4n) is 1.83. The lowest BCUT2D eigenvalue weighted by Gasteiger charge is -2.08. The molecule has 1 aromatic carbocycles. The molecule has 0 bridgehead atoms. The number of aromatic nitrogens is 1. The summed E-state index contributed by atoms with van der Waals surface area (Å²) >= 11 is 1.68. The topological polar surface area (TPSA) is 71.1 Å². The molecule has 0 radical (unpaired) electrons. The Balaban J connectivity index is 1.98. The number of rotatable bonds is 6. The number of nitrogens with zero attached hydrogens (tertiary/aromatic N) is 1. The van der Waals surface area contributed by atoms with E-state index >= 15 is 0 Å². The highest BCUT2D eigenvalue weighted by atomic mass is 32.2. The molecule has 0 amide bonds. The minimum absolute atomic E-state index is 0.0665. The van der Waals surface area contributed by atoms with Crippen molar-refractivity contribution in [3.05, 3.63) is 39.8 Å². The number of sulfonamides is 1. The van der Waals surface area contributed by atoms with Crippen molar-refractivity contribution in [2.45, 2.75) is 27.3 Å². The number of thiazole rings is 1. The molecule has 0 saturated heterocycles. The molecule has 0 aliphatic carbocycles. The van der Waals surface area contributed by atoms with Crippen LogP contribution in [0.5, 0.6) is 0 Å². The van der Waals surface area contributed by atoms with E-state index in [9.17, 15) is 8.42 Å². The Kier molecular flexibility index (Phi) is 4.84. The summed E-state index contributed by atoms with van der Waals surface area (Å²) in [5, 5.41) is 4.38. The average Bonchev–Trinajstić information content (AvgIpc) is 2.76. The third-order valence-corrected chi connectivity index (χ3v) is 5.37. The van der Waals surface area contributed by atoms with Gasteiger partial charge in [0.2, 0.25) is 10.0 Å². The van der Waals surface area contributed by atoms with E-state index in [0.29, 0.717) is 5.69 Å². The molecule has 0 saturated carbocycles. The summed E-state index contributed by atoms with van der Waals surface area (Å²) in [6.45, 7) is 6.33. The Labute approximate surface area is 129 Å². The van der Waals surface area contributed by atoms with Crippen molar-refractivity contribution in [2.75, 3.05) is 15.8 Å². The summed E-state index contributed by atoms with van der Waals surface area (Å²) in [7, 11) is -3.22. The van der Waals surface area contributed by atoms with Crippen molar-refractivity contribution in [1.82, 2.24) is 4.98 Å². The van der Waals surface area contributed by atoms with E-state index < -0.39 is 10.0 Å². The maximum Gasteiger partial charge on any atom is 0.232 e. The molecule has 7 heteroatoms. The third-order valence-electron chi connectivity index (χ3n) is 2.99. The van der Waals surface area contributed by atoms with Crippen LogP contribution in [0.3, 0.4) is 0 Å². The zero-order chi connectivity index (χ0) is 15.5. The van der Waals surface area contributed by atoms with Crippen LogP contribution < -0.4 is 10.0 Å². The van der Waals surface area contributed by atoms with Crippen LogP contribution in [0, 0.1) is 13.8 Å². The molecule has 0 aliphatic heterocycles. The van der Waals surface area contributed by atoms with Gasteiger partial charge in [-0.1, -0.05) is 0 Å². The van der Waals surface area contributed by atoms with Crippen molar-refractivity contribution in [3.63, 3.8) is 0 Å². The van der Waals surface area contributed by atoms with Gasteiger partial charge in [-0.05, 0) is 45.0 Å². The molecule has 5 nitrogen and oxygen atoms in total. The van der Waals surface area contributed by atoms with Gasteiger partial charge in [-0.15, -0.1) is 11.3 Å². The van der Waals surface area contributed by atoms with Crippen molar-refractivity contribution in [3.8, 4) is 0 Å². The van der Waals surface area contributed by atoms with E-state index in [2.05, 4.69) is 15.0 Å². The van der Waals surface area contributed by atoms with Crippen LogP contribution >= 0.6 is 11.3 Å². The maximum absolute atomic E-state index is 11.5. The van der Waals surface area contributed by atoms with Crippen LogP contribution in [0.2, 0.25) is 0 Å². The largest absolute Gasteiger partial charge is 0.380 e. The molecule has 0 spiro atoms. The van der Waals surface area contributed by atoms with Crippen LogP contribution in [0.1, 0.15) is 22.5 Å². The van der Waals surface area contributed by atoms with E-state index in [1.54, 1.807) is 30.4 Å². The number of anilines is 2. The van der Waals surface area contributed by atoms with Crippen molar-refractivity contribution < 1.29 is 8.42 Å². The average molecular weight is 325 g/mol. The Bertz CT molecular complexity index is 706. The molecule has 1 heterocycles. The summed E-state index contributed by atoms with van der Waals surface area (Å²) in [4.78, 5) is 5.60. The Morgan fingerprint density at radius 2 is 1.76 bits per heavy atom. The van der Waals surface area contributed by atoms with Crippen molar-refractivity contribution in [1.29, 1.82) is 0 Å². The molecule has 0 fully saturated rings. The predicted molar refractivity (Wildman–Crippen MR) is 88.4 cm³/mol. The lowest BCUT2D eigenvalue weighted by molar-refractivity contribution is 0.602. The molecule has 0 aliphatic rings. The molecule has 21 heavy (non-hydrogen) atoms. The molecule has 0 unspecified atom stereocenters. The van der Waals surface area contributed by atoms with Gasteiger partial charge in [-0.2, -0.15) is 0 Å². The highest BCUT2D eigenvalue weighted by Crippen LogP contribution is 2.20. The first kappa shape index (κ1) is 15.8. The van der Waals surface area contributed by atoms with E-state index in [0.717, 1.165) is 22.9 Å². The van der Waals surface area contributed by atoms with Crippen LogP contribution in [0.25, 0.3) is 0 Å². The van der Waals surface area contributed by atoms with Gasteiger partial charge in [0, 0.05) is 16.3 Å². The van der Waals surface area contributed by atoms with Gasteiger partial charge in [0.05, 0.1) is 23.0 Å². The van der Waals surface area contributed by atoms with E-state index in [1.165, 1.54) is 4.88 Å². The molecule has 114 valence electrons. The fourth-order valence-corrected chi connectivity index (χ4v) is 3.34. The predicted octanol–water partition coefficient (Wildman–Crippen LogP) is 3.13. The number of hydrogen-bond acceptors (Lipinski definition) is 5. The second kappa shape index (κ2) is 6.44. The zero-order valence-electron chi connectivity index (χ0n) is 12.3. The molecule has 2 aromatic rings. The first-order chi connectivity index (χ1) is 9.89. The standard InChI is InChI=1S/C14H19N3O2S2/c1-4-21(18,19)17-13-7-5-12(6-8-13)15-9-14-10(2)16-11(3)20-14/h5-8,15,17H,4,9H2,1-3H3. The minimum atomic E-state index is -3.22. The molecular formula is C14H19N3O2S2. The lowest BCUT2D eigenvalue weighted by Crippen LogP contribution is -2.14. The molecule has 0 atom stereocenters. The van der Waals surface area contributed by atoms with Gasteiger partial charge in [-0.3, -0.25) is 4.72 Å². The second-order valence-corrected chi connectivity index (χ2v) is 7.98. The summed E-state index contributed by atoms with van der Waals surface area (Å²) in [6, 6.07) is 7.22. The van der Waals surface area contributed by atoms with Crippen molar-refractivity contribution in [2.24, 2.45) is 0 Å². The van der Waals surface area contributed by atoms with Crippen LogP contribution in [-0.4, -0.2) is 19.2 Å². The summed E-state index contributed by atoms with van der Waals surface area (Å²) in [6.07, 6.45) is 0. The van der Waals surface area contributed by atoms with Gasteiger partial charge in [-0.25, -0.2) is 13.4 Å². The summed E-state index contributed by atoms with van der Waals surface area (Å²) in [5.41, 5.74) is 2.57. The van der Waals surface area contributed by atoms with Crippen molar-refractivity contribution >= 4 is 32.7 Å². The quantitative estimate of drug-likeness (QED) is 0.856. The number of hydrogen-bond donors (Lipinski definition) is 2. The molecule has 1 aromatic heterocycles. The van der Waals surface area contributed by atoms with Gasteiger partial charge >= 0.3 is 0 Å². The normalized spacial score (nSPS) is 11.4. The number of nitrogens with one attached hydrogen (secondary N) is 2. The fraction of sp³-hybridized carbons (Fsp3) is 0.357. The third kappa shape index (κ3) is 4.44. The van der Waals surface area contributed by atoms with Crippen LogP contribution in [0.15, 0.2) is 24.3 Å². The van der Waals surface area contributed by atoms with E-state index in [1.807, 2.05) is 26.0 Å². The monoisotopic (exact) mass is 325 g/mol. The van der Waals surface area contributed by atoms with Gasteiger partial charge in [0.25, 0.3) is 0 Å². The highest BCUT2D eigenvalue weighted by molar-refractivity contribution is 7.92. The minimum Gasteiger partial charge on any atom is -0.380 e. The summed E-state index contributed by atoms with van der Waals surface area (Å²) in [5.74, 6) is 0.0665. The van der Waals surface area contributed by atoms with Crippen LogP contribution in [-0.2, 0) is 16.6 Å². The molecular weight excluding hydrogens is 306 g/mol. The first-order valence-electron chi connectivity index (χ1n) is 6.67.